The summed E-state index contributed by atoms with van der Waals surface area (Å²) < 4.78 is 0. The van der Waals surface area contributed by atoms with Crippen LogP contribution in [0.3, 0.4) is 0 Å². The van der Waals surface area contributed by atoms with Crippen LogP contribution in [0, 0.1) is 18.8 Å². The third-order valence-electron chi connectivity index (χ3n) is 7.18. The van der Waals surface area contributed by atoms with Gasteiger partial charge in [-0.05, 0) is 37.0 Å². The summed E-state index contributed by atoms with van der Waals surface area (Å²) in [5.41, 5.74) is 6.77. The Labute approximate surface area is 201 Å². The monoisotopic (exact) mass is 480 g/mol. The number of primary amides is 1. The lowest BCUT2D eigenvalue weighted by Gasteiger charge is -2.29. The van der Waals surface area contributed by atoms with Crippen molar-refractivity contribution < 1.29 is 19.2 Å². The molecule has 9 heteroatoms. The third-order valence-corrected chi connectivity index (χ3v) is 7.48. The third kappa shape index (κ3) is 3.32. The molecule has 3 heterocycles. The van der Waals surface area contributed by atoms with E-state index in [9.17, 15) is 19.2 Å². The van der Waals surface area contributed by atoms with Crippen molar-refractivity contribution in [1.29, 1.82) is 0 Å². The molecule has 4 atom stereocenters. The van der Waals surface area contributed by atoms with Crippen molar-refractivity contribution >= 4 is 40.9 Å². The molecule has 0 aromatic heterocycles. The SMILES string of the molecule is Cc1cc(Cl)c2c(c1)[C@]1(N[C@@H](CCC(N)=O)[C@H]3C(=O)N(CCc4ccccc4)C(=O)[C@H]31)C(=O)N2. The number of imide groups is 1. The number of anilines is 1. The number of nitrogens with two attached hydrogens (primary N) is 1. The zero-order chi connectivity index (χ0) is 24.2. The Kier molecular flexibility index (Phi) is 5.45. The molecule has 2 fully saturated rings. The second-order valence-electron chi connectivity index (χ2n) is 9.25. The maximum Gasteiger partial charge on any atom is 0.250 e. The zero-order valence-electron chi connectivity index (χ0n) is 18.6. The summed E-state index contributed by atoms with van der Waals surface area (Å²) in [5, 5.41) is 6.49. The fraction of sp³-hybridized carbons (Fsp3) is 0.360. The molecule has 8 nitrogen and oxygen atoms in total. The van der Waals surface area contributed by atoms with Crippen LogP contribution in [-0.2, 0) is 31.1 Å². The van der Waals surface area contributed by atoms with E-state index < -0.39 is 35.2 Å². The average Bonchev–Trinajstić information content (AvgIpc) is 3.37. The lowest BCUT2D eigenvalue weighted by molar-refractivity contribution is -0.142. The second-order valence-corrected chi connectivity index (χ2v) is 9.66. The summed E-state index contributed by atoms with van der Waals surface area (Å²) in [6, 6.07) is 12.6. The number of nitrogens with zero attached hydrogens (tertiary/aromatic N) is 1. The number of hydrogen-bond donors (Lipinski definition) is 3. The number of likely N-dealkylation sites (tertiary alicyclic amines) is 1. The standard InChI is InChI=1S/C25H25ClN4O4/c1-13-11-15-21(16(26)12-13)28-24(34)25(15)20-19(17(29-25)7-8-18(27)31)22(32)30(23(20)33)10-9-14-5-3-2-4-6-14/h2-6,11-12,17,19-20,29H,7-10H2,1H3,(H2,27,31)(H,28,34)/t17-,19+,20-,25+/m0/s1. The molecule has 4 N–H and O–H groups in total. The Morgan fingerprint density at radius 1 is 1.15 bits per heavy atom. The maximum atomic E-state index is 13.7. The molecule has 0 radical (unpaired) electrons. The number of fused-ring (bicyclic) bond motifs is 4. The molecule has 0 saturated carbocycles. The molecule has 0 unspecified atom stereocenters. The Balaban J connectivity index is 1.55. The summed E-state index contributed by atoms with van der Waals surface area (Å²) in [7, 11) is 0. The minimum Gasteiger partial charge on any atom is -0.370 e. The van der Waals surface area contributed by atoms with Gasteiger partial charge in [0.05, 0.1) is 22.5 Å². The highest BCUT2D eigenvalue weighted by atomic mass is 35.5. The molecule has 3 aliphatic rings. The number of carbonyl (C=O) groups is 4. The smallest absolute Gasteiger partial charge is 0.250 e. The van der Waals surface area contributed by atoms with Crippen molar-refractivity contribution in [2.45, 2.75) is 37.8 Å². The van der Waals surface area contributed by atoms with E-state index in [-0.39, 0.29) is 31.2 Å². The van der Waals surface area contributed by atoms with Crippen LogP contribution in [0.5, 0.6) is 0 Å². The van der Waals surface area contributed by atoms with Gasteiger partial charge in [0.25, 0.3) is 0 Å². The second kappa shape index (κ2) is 8.21. The van der Waals surface area contributed by atoms with Gasteiger partial charge < -0.3 is 11.1 Å². The Morgan fingerprint density at radius 3 is 2.59 bits per heavy atom. The predicted octanol–water partition coefficient (Wildman–Crippen LogP) is 1.88. The van der Waals surface area contributed by atoms with Crippen LogP contribution in [0.1, 0.15) is 29.5 Å². The van der Waals surface area contributed by atoms with Crippen LogP contribution in [0.2, 0.25) is 5.02 Å². The molecular weight excluding hydrogens is 456 g/mol. The fourth-order valence-electron chi connectivity index (χ4n) is 5.71. The molecule has 176 valence electrons. The number of benzene rings is 2. The molecule has 2 aromatic rings. The summed E-state index contributed by atoms with van der Waals surface area (Å²) in [5.74, 6) is -3.36. The van der Waals surface area contributed by atoms with Crippen molar-refractivity contribution in [3.05, 3.63) is 64.2 Å². The fourth-order valence-corrected chi connectivity index (χ4v) is 6.03. The van der Waals surface area contributed by atoms with Crippen LogP contribution in [0.25, 0.3) is 0 Å². The number of halogens is 1. The molecular formula is C25H25ClN4O4. The molecule has 4 amide bonds. The highest BCUT2D eigenvalue weighted by molar-refractivity contribution is 6.35. The number of amides is 4. The number of nitrogens with one attached hydrogen (secondary N) is 2. The molecule has 2 aromatic carbocycles. The topological polar surface area (TPSA) is 122 Å². The van der Waals surface area contributed by atoms with Gasteiger partial charge in [-0.25, -0.2) is 0 Å². The lowest BCUT2D eigenvalue weighted by Crippen LogP contribution is -2.53. The van der Waals surface area contributed by atoms with Gasteiger partial charge in [0.2, 0.25) is 23.6 Å². The van der Waals surface area contributed by atoms with E-state index in [4.69, 9.17) is 17.3 Å². The van der Waals surface area contributed by atoms with Gasteiger partial charge in [-0.3, -0.25) is 29.4 Å². The zero-order valence-corrected chi connectivity index (χ0v) is 19.4. The number of aryl methyl sites for hydroxylation is 1. The molecule has 1 spiro atoms. The molecule has 34 heavy (non-hydrogen) atoms. The van der Waals surface area contributed by atoms with Gasteiger partial charge in [-0.1, -0.05) is 48.0 Å². The van der Waals surface area contributed by atoms with E-state index in [1.165, 1.54) is 4.90 Å². The Morgan fingerprint density at radius 2 is 1.88 bits per heavy atom. The first kappa shape index (κ1) is 22.6. The van der Waals surface area contributed by atoms with E-state index in [0.717, 1.165) is 11.1 Å². The van der Waals surface area contributed by atoms with Gasteiger partial charge >= 0.3 is 0 Å². The summed E-state index contributed by atoms with van der Waals surface area (Å²) in [6.45, 7) is 2.07. The van der Waals surface area contributed by atoms with E-state index in [1.54, 1.807) is 6.07 Å². The predicted molar refractivity (Wildman–Crippen MR) is 126 cm³/mol. The highest BCUT2D eigenvalue weighted by Gasteiger charge is 2.70. The van der Waals surface area contributed by atoms with Crippen molar-refractivity contribution in [3.8, 4) is 0 Å². The first-order valence-corrected chi connectivity index (χ1v) is 11.7. The minimum absolute atomic E-state index is 0.0332. The minimum atomic E-state index is -1.44. The van der Waals surface area contributed by atoms with Crippen LogP contribution < -0.4 is 16.4 Å². The number of carbonyl (C=O) groups excluding carboxylic acids is 4. The first-order chi connectivity index (χ1) is 16.2. The van der Waals surface area contributed by atoms with Crippen LogP contribution >= 0.6 is 11.6 Å². The Bertz CT molecular complexity index is 1220. The quantitative estimate of drug-likeness (QED) is 0.545. The summed E-state index contributed by atoms with van der Waals surface area (Å²) in [6.07, 6.45) is 0.787. The van der Waals surface area contributed by atoms with Crippen LogP contribution in [0.15, 0.2) is 42.5 Å². The summed E-state index contributed by atoms with van der Waals surface area (Å²) >= 11 is 6.43. The Hall–Kier alpha value is -3.23. The molecule has 0 bridgehead atoms. The van der Waals surface area contributed by atoms with Crippen LogP contribution in [0.4, 0.5) is 5.69 Å². The first-order valence-electron chi connectivity index (χ1n) is 11.3. The van der Waals surface area contributed by atoms with Crippen molar-refractivity contribution in [2.75, 3.05) is 11.9 Å². The highest BCUT2D eigenvalue weighted by Crippen LogP contribution is 2.54. The van der Waals surface area contributed by atoms with Crippen molar-refractivity contribution in [1.82, 2.24) is 10.2 Å². The van der Waals surface area contributed by atoms with Gasteiger partial charge in [-0.15, -0.1) is 0 Å². The van der Waals surface area contributed by atoms with Gasteiger partial charge in [0.1, 0.15) is 5.54 Å². The van der Waals surface area contributed by atoms with Crippen LogP contribution in [-0.4, -0.2) is 41.1 Å². The molecule has 3 aliphatic heterocycles. The van der Waals surface area contributed by atoms with Crippen molar-refractivity contribution in [2.24, 2.45) is 17.6 Å². The van der Waals surface area contributed by atoms with E-state index >= 15 is 0 Å². The van der Waals surface area contributed by atoms with E-state index in [2.05, 4.69) is 10.6 Å². The number of hydrogen-bond acceptors (Lipinski definition) is 5. The molecule has 2 saturated heterocycles. The van der Waals surface area contributed by atoms with Crippen molar-refractivity contribution in [3.63, 3.8) is 0 Å². The molecule has 5 rings (SSSR count). The number of rotatable bonds is 6. The normalized spacial score (nSPS) is 27.3. The van der Waals surface area contributed by atoms with Gasteiger partial charge in [0, 0.05) is 24.6 Å². The van der Waals surface area contributed by atoms with E-state index in [1.807, 2.05) is 43.3 Å². The largest absolute Gasteiger partial charge is 0.370 e. The van der Waals surface area contributed by atoms with E-state index in [0.29, 0.717) is 22.7 Å². The summed E-state index contributed by atoms with van der Waals surface area (Å²) in [4.78, 5) is 53.6. The van der Waals surface area contributed by atoms with Gasteiger partial charge in [-0.2, -0.15) is 0 Å². The maximum absolute atomic E-state index is 13.7. The average molecular weight is 481 g/mol. The lowest BCUT2D eigenvalue weighted by atomic mass is 9.76. The molecule has 0 aliphatic carbocycles. The van der Waals surface area contributed by atoms with Gasteiger partial charge in [0.15, 0.2) is 0 Å².